The molecule has 0 amide bonds. The van der Waals surface area contributed by atoms with Gasteiger partial charge in [0.15, 0.2) is 23.9 Å². The minimum atomic E-state index is -0.816. The van der Waals surface area contributed by atoms with Crippen LogP contribution >= 0.6 is 23.2 Å². The number of carbonyl (C=O) groups is 1. The molecular weight excluding hydrogens is 543 g/mol. The second kappa shape index (κ2) is 12.6. The number of nitrogens with zero attached hydrogens (tertiary/aromatic N) is 1. The van der Waals surface area contributed by atoms with Gasteiger partial charge in [0.1, 0.15) is 21.9 Å². The lowest BCUT2D eigenvalue weighted by atomic mass is 10.0. The molecule has 202 valence electrons. The fourth-order valence-electron chi connectivity index (χ4n) is 4.02. The Balaban J connectivity index is 1.60. The summed E-state index contributed by atoms with van der Waals surface area (Å²) in [4.78, 5) is 13.3. The van der Waals surface area contributed by atoms with E-state index >= 15 is 0 Å². The average molecular weight is 569 g/mol. The van der Waals surface area contributed by atoms with E-state index < -0.39 is 12.1 Å². The summed E-state index contributed by atoms with van der Waals surface area (Å²) in [6.07, 6.45) is 1.68. The molecule has 0 aliphatic carbocycles. The summed E-state index contributed by atoms with van der Waals surface area (Å²) in [7, 11) is 3.04. The lowest BCUT2D eigenvalue weighted by Crippen LogP contribution is -2.25. The Morgan fingerprint density at radius 2 is 1.69 bits per heavy atom. The van der Waals surface area contributed by atoms with Gasteiger partial charge in [0.05, 0.1) is 19.8 Å². The molecule has 1 aromatic heterocycles. The number of esters is 1. The number of hydrogen-bond donors (Lipinski definition) is 2. The van der Waals surface area contributed by atoms with Gasteiger partial charge in [-0.25, -0.2) is 4.79 Å². The van der Waals surface area contributed by atoms with Crippen LogP contribution in [-0.4, -0.2) is 25.3 Å². The van der Waals surface area contributed by atoms with Gasteiger partial charge in [-0.05, 0) is 47.5 Å². The Labute approximate surface area is 235 Å². The van der Waals surface area contributed by atoms with Crippen molar-refractivity contribution in [1.29, 1.82) is 0 Å². The number of phenols is 1. The predicted octanol–water partition coefficient (Wildman–Crippen LogP) is 6.10. The first-order chi connectivity index (χ1) is 18.8. The number of aromatic hydroxyl groups is 1. The molecule has 0 bridgehead atoms. The highest BCUT2D eigenvalue weighted by Gasteiger charge is 2.24. The van der Waals surface area contributed by atoms with Gasteiger partial charge in [-0.2, -0.15) is 4.73 Å². The monoisotopic (exact) mass is 568 g/mol. The van der Waals surface area contributed by atoms with E-state index in [1.54, 1.807) is 54.6 Å². The number of carbonyl (C=O) groups excluding carboxylic acids is 1. The number of ether oxygens (including phenoxy) is 3. The second-order valence-corrected chi connectivity index (χ2v) is 9.42. The zero-order chi connectivity index (χ0) is 27.9. The number of hydrogen-bond acceptors (Lipinski definition) is 7. The summed E-state index contributed by atoms with van der Waals surface area (Å²) in [6.45, 7) is 0.425. The first-order valence-electron chi connectivity index (χ1n) is 11.9. The molecule has 0 aliphatic rings. The van der Waals surface area contributed by atoms with Gasteiger partial charge in [-0.3, -0.25) is 0 Å². The number of pyridine rings is 1. The van der Waals surface area contributed by atoms with Gasteiger partial charge in [0, 0.05) is 30.3 Å². The number of halogens is 2. The van der Waals surface area contributed by atoms with Crippen LogP contribution in [0.3, 0.4) is 0 Å². The Kier molecular flexibility index (Phi) is 9.01. The van der Waals surface area contributed by atoms with Gasteiger partial charge in [0.2, 0.25) is 0 Å². The zero-order valence-electron chi connectivity index (χ0n) is 21.2. The standard InChI is InChI=1S/C29H26Cl2N2O6/c1-37-26-10-9-19(12-28(26)38-2)27(14-23-24(30)16-33(36)17-25(23)31)39-29(35)20-6-3-5-18(11-20)15-32-21-7-4-8-22(34)13-21/h3-13,16-17,27,32,34H,14-15H2,1-2H3/t27-/m0/s1. The molecule has 39 heavy (non-hydrogen) atoms. The Morgan fingerprint density at radius 1 is 0.974 bits per heavy atom. The second-order valence-electron chi connectivity index (χ2n) is 8.61. The van der Waals surface area contributed by atoms with Gasteiger partial charge >= 0.3 is 5.97 Å². The predicted molar refractivity (Wildman–Crippen MR) is 149 cm³/mol. The number of anilines is 1. The Morgan fingerprint density at radius 3 is 2.38 bits per heavy atom. The fourth-order valence-corrected chi connectivity index (χ4v) is 4.62. The van der Waals surface area contributed by atoms with Crippen LogP contribution < -0.4 is 19.5 Å². The molecule has 0 fully saturated rings. The third-order valence-corrected chi connectivity index (χ3v) is 6.63. The van der Waals surface area contributed by atoms with E-state index in [2.05, 4.69) is 5.32 Å². The van der Waals surface area contributed by atoms with Gasteiger partial charge < -0.3 is 29.8 Å². The van der Waals surface area contributed by atoms with Crippen LogP contribution in [0.15, 0.2) is 79.1 Å². The van der Waals surface area contributed by atoms with E-state index in [-0.39, 0.29) is 22.2 Å². The molecule has 10 heteroatoms. The van der Waals surface area contributed by atoms with E-state index in [0.29, 0.717) is 39.5 Å². The summed E-state index contributed by atoms with van der Waals surface area (Å²) in [5.41, 5.74) is 3.01. The van der Waals surface area contributed by atoms with E-state index in [4.69, 9.17) is 37.4 Å². The minimum Gasteiger partial charge on any atom is -0.619 e. The van der Waals surface area contributed by atoms with Crippen molar-refractivity contribution in [3.63, 3.8) is 0 Å². The summed E-state index contributed by atoms with van der Waals surface area (Å²) in [5.74, 6) is 0.568. The average Bonchev–Trinajstić information content (AvgIpc) is 2.92. The van der Waals surface area contributed by atoms with Crippen molar-refractivity contribution in [2.24, 2.45) is 0 Å². The van der Waals surface area contributed by atoms with Gasteiger partial charge in [-0.15, -0.1) is 0 Å². The molecule has 0 spiro atoms. The topological polar surface area (TPSA) is 104 Å². The maximum Gasteiger partial charge on any atom is 0.338 e. The summed E-state index contributed by atoms with van der Waals surface area (Å²) in [6, 6.07) is 19.0. The fraction of sp³-hybridized carbons (Fsp3) is 0.172. The van der Waals surface area contributed by atoms with Gasteiger partial charge in [-0.1, -0.05) is 47.5 Å². The molecule has 0 radical (unpaired) electrons. The number of phenolic OH excluding ortho intramolecular Hbond substituents is 1. The highest BCUT2D eigenvalue weighted by Crippen LogP contribution is 2.35. The summed E-state index contributed by atoms with van der Waals surface area (Å²) >= 11 is 12.7. The maximum absolute atomic E-state index is 13.3. The zero-order valence-corrected chi connectivity index (χ0v) is 22.7. The number of methoxy groups -OCH3 is 2. The van der Waals surface area contributed by atoms with Crippen LogP contribution in [0.25, 0.3) is 0 Å². The van der Waals surface area contributed by atoms with Crippen molar-refractivity contribution >= 4 is 34.9 Å². The maximum atomic E-state index is 13.3. The van der Waals surface area contributed by atoms with Crippen molar-refractivity contribution in [3.05, 3.63) is 117 Å². The highest BCUT2D eigenvalue weighted by molar-refractivity contribution is 6.35. The smallest absolute Gasteiger partial charge is 0.338 e. The van der Waals surface area contributed by atoms with Crippen LogP contribution in [0.2, 0.25) is 10.0 Å². The molecular formula is C29H26Cl2N2O6. The van der Waals surface area contributed by atoms with Crippen LogP contribution in [0, 0.1) is 5.21 Å². The van der Waals surface area contributed by atoms with E-state index in [9.17, 15) is 15.1 Å². The van der Waals surface area contributed by atoms with Crippen molar-refractivity contribution < 1.29 is 28.8 Å². The number of rotatable bonds is 10. The third kappa shape index (κ3) is 7.04. The largest absolute Gasteiger partial charge is 0.619 e. The molecule has 0 unspecified atom stereocenters. The van der Waals surface area contributed by atoms with E-state index in [1.807, 2.05) is 12.1 Å². The number of aromatic nitrogens is 1. The number of benzene rings is 3. The van der Waals surface area contributed by atoms with Crippen molar-refractivity contribution in [2.45, 2.75) is 19.1 Å². The lowest BCUT2D eigenvalue weighted by molar-refractivity contribution is -0.605. The molecule has 0 saturated carbocycles. The Hall–Kier alpha value is -4.14. The third-order valence-electron chi connectivity index (χ3n) is 5.98. The van der Waals surface area contributed by atoms with Crippen LogP contribution in [0.1, 0.15) is 33.2 Å². The van der Waals surface area contributed by atoms with E-state index in [1.165, 1.54) is 26.6 Å². The van der Waals surface area contributed by atoms with Crippen LogP contribution in [0.4, 0.5) is 5.69 Å². The highest BCUT2D eigenvalue weighted by atomic mass is 35.5. The summed E-state index contributed by atoms with van der Waals surface area (Å²) < 4.78 is 17.3. The molecule has 1 heterocycles. The first kappa shape index (κ1) is 27.9. The molecule has 4 aromatic rings. The number of nitrogens with one attached hydrogen (secondary N) is 1. The van der Waals surface area contributed by atoms with Crippen LogP contribution in [0.5, 0.6) is 17.2 Å². The quantitative estimate of drug-likeness (QED) is 0.135. The Bertz CT molecular complexity index is 1460. The van der Waals surface area contributed by atoms with E-state index in [0.717, 1.165) is 11.3 Å². The summed E-state index contributed by atoms with van der Waals surface area (Å²) in [5, 5.41) is 24.9. The normalized spacial score (nSPS) is 11.5. The van der Waals surface area contributed by atoms with Crippen molar-refractivity contribution in [2.75, 3.05) is 19.5 Å². The SMILES string of the molecule is COc1ccc([C@H](Cc2c(Cl)c[n+]([O-])cc2Cl)OC(=O)c2cccc(CNc3cccc(O)c3)c2)cc1OC. The molecule has 8 nitrogen and oxygen atoms in total. The molecule has 0 saturated heterocycles. The molecule has 1 atom stereocenters. The first-order valence-corrected chi connectivity index (χ1v) is 12.6. The van der Waals surface area contributed by atoms with Crippen LogP contribution in [-0.2, 0) is 17.7 Å². The van der Waals surface area contributed by atoms with Crippen molar-refractivity contribution in [1.82, 2.24) is 0 Å². The molecule has 0 aliphatic heterocycles. The van der Waals surface area contributed by atoms with Gasteiger partial charge in [0.25, 0.3) is 0 Å². The molecule has 2 N–H and O–H groups in total. The lowest BCUT2D eigenvalue weighted by Gasteiger charge is -2.21. The molecule has 4 rings (SSSR count). The minimum absolute atomic E-state index is 0.110. The molecule has 3 aromatic carbocycles. The van der Waals surface area contributed by atoms with Crippen molar-refractivity contribution in [3.8, 4) is 17.2 Å².